The Morgan fingerprint density at radius 1 is 0.304 bits per heavy atom. The van der Waals surface area contributed by atoms with Gasteiger partial charge in [-0.15, -0.1) is 12.8 Å². The normalized spacial score (nSPS) is 11.9. The SMILES string of the molecule is C#CCOCCOCCOCCOCCOCCOCCN1C(=O)C=CC1=O.C#CCOCCOCCOCCOCCOCCOCCO.OCCOCCOCCOCCOCCOCCO. The number of carbonyl (C=O) groups excluding carboxylic acids is 2. The maximum absolute atomic E-state index is 11.3. The highest BCUT2D eigenvalue weighted by Gasteiger charge is 2.22. The van der Waals surface area contributed by atoms with Crippen LogP contribution in [-0.2, 0) is 90.1 Å². The molecule has 0 fully saturated rings. The van der Waals surface area contributed by atoms with Crippen molar-refractivity contribution in [3.05, 3.63) is 12.2 Å². The molecule has 0 aliphatic carbocycles. The van der Waals surface area contributed by atoms with Crippen LogP contribution in [0.3, 0.4) is 0 Å². The molecular formula is C46H83NO22. The quantitative estimate of drug-likeness (QED) is 0.0353. The lowest BCUT2D eigenvalue weighted by Gasteiger charge is -2.13. The fourth-order valence-electron chi connectivity index (χ4n) is 4.44. The molecule has 1 aliphatic rings. The molecule has 0 unspecified atom stereocenters. The van der Waals surface area contributed by atoms with Gasteiger partial charge in [0.1, 0.15) is 13.2 Å². The van der Waals surface area contributed by atoms with Crippen LogP contribution in [0.2, 0.25) is 0 Å². The van der Waals surface area contributed by atoms with E-state index in [2.05, 4.69) is 11.8 Å². The Balaban J connectivity index is 0. The van der Waals surface area contributed by atoms with E-state index >= 15 is 0 Å². The molecule has 3 N–H and O–H groups in total. The summed E-state index contributed by atoms with van der Waals surface area (Å²) in [6.07, 6.45) is 12.6. The summed E-state index contributed by atoms with van der Waals surface area (Å²) in [5.41, 5.74) is 0. The molecule has 0 bridgehead atoms. The van der Waals surface area contributed by atoms with Crippen LogP contribution in [0.25, 0.3) is 0 Å². The lowest BCUT2D eigenvalue weighted by molar-refractivity contribution is -0.137. The number of ether oxygens (including phenoxy) is 17. The van der Waals surface area contributed by atoms with E-state index in [1.807, 2.05) is 0 Å². The van der Waals surface area contributed by atoms with Gasteiger partial charge in [0.25, 0.3) is 11.8 Å². The Kier molecular flexibility index (Phi) is 62.6. The standard InChI is InChI=1S/C19H29NO8.C15H28O7.C12H26O7/c1-2-6-23-8-10-25-12-14-27-16-17-28-15-13-26-11-9-24-7-5-20-18(21)3-4-19(20)22;1-2-4-17-6-8-19-10-12-21-14-15-22-13-11-20-9-7-18-5-3-16;13-1-3-15-5-7-17-9-11-19-12-10-18-8-6-16-4-2-14/h1,3-4H,5-17H2;1,16H,3-15H2;13-14H,1-12H2. The van der Waals surface area contributed by atoms with Crippen LogP contribution in [0.5, 0.6) is 0 Å². The largest absolute Gasteiger partial charge is 0.394 e. The predicted octanol–water partition coefficient (Wildman–Crippen LogP) is -1.59. The molecule has 1 aliphatic heterocycles. The van der Waals surface area contributed by atoms with E-state index in [9.17, 15) is 9.59 Å². The van der Waals surface area contributed by atoms with E-state index in [0.29, 0.717) is 218 Å². The van der Waals surface area contributed by atoms with Crippen molar-refractivity contribution in [3.8, 4) is 24.7 Å². The Hall–Kier alpha value is -2.80. The highest BCUT2D eigenvalue weighted by atomic mass is 16.6. The van der Waals surface area contributed by atoms with Crippen LogP contribution in [-0.4, -0.2) is 283 Å². The second-order valence-electron chi connectivity index (χ2n) is 13.0. The predicted molar refractivity (Wildman–Crippen MR) is 249 cm³/mol. The summed E-state index contributed by atoms with van der Waals surface area (Å²) in [7, 11) is 0. The Labute approximate surface area is 409 Å². The summed E-state index contributed by atoms with van der Waals surface area (Å²) in [5.74, 6) is 4.16. The average molecular weight is 1000 g/mol. The van der Waals surface area contributed by atoms with Gasteiger partial charge in [0.05, 0.1) is 238 Å². The second-order valence-corrected chi connectivity index (χ2v) is 13.0. The van der Waals surface area contributed by atoms with Gasteiger partial charge in [-0.3, -0.25) is 14.5 Å². The molecule has 69 heavy (non-hydrogen) atoms. The third kappa shape index (κ3) is 59.4. The lowest BCUT2D eigenvalue weighted by Crippen LogP contribution is -2.33. The van der Waals surface area contributed by atoms with Crippen molar-refractivity contribution in [2.45, 2.75) is 0 Å². The van der Waals surface area contributed by atoms with Gasteiger partial charge in [0, 0.05) is 12.2 Å². The van der Waals surface area contributed by atoms with Crippen molar-refractivity contribution < 1.29 is 105 Å². The smallest absolute Gasteiger partial charge is 0.253 e. The summed E-state index contributed by atoms with van der Waals surface area (Å²) in [5, 5.41) is 25.4. The average Bonchev–Trinajstić information content (AvgIpc) is 3.68. The minimum Gasteiger partial charge on any atom is -0.394 e. The maximum atomic E-state index is 11.3. The number of aliphatic hydroxyl groups is 3. The van der Waals surface area contributed by atoms with Gasteiger partial charge in [-0.25, -0.2) is 0 Å². The number of rotatable bonds is 53. The molecule has 0 aromatic rings. The van der Waals surface area contributed by atoms with Crippen LogP contribution in [0.4, 0.5) is 0 Å². The molecule has 404 valence electrons. The first-order valence-electron chi connectivity index (χ1n) is 23.1. The molecule has 0 spiro atoms. The highest BCUT2D eigenvalue weighted by Crippen LogP contribution is 2.02. The van der Waals surface area contributed by atoms with E-state index in [1.165, 1.54) is 12.2 Å². The molecule has 1 rings (SSSR count). The van der Waals surface area contributed by atoms with Crippen molar-refractivity contribution in [2.24, 2.45) is 0 Å². The van der Waals surface area contributed by atoms with Gasteiger partial charge in [-0.1, -0.05) is 11.8 Å². The monoisotopic (exact) mass is 1000 g/mol. The minimum atomic E-state index is -0.302. The maximum Gasteiger partial charge on any atom is 0.253 e. The molecule has 23 heteroatoms. The van der Waals surface area contributed by atoms with Crippen molar-refractivity contribution in [1.82, 2.24) is 4.90 Å². The first-order valence-corrected chi connectivity index (χ1v) is 23.1. The zero-order valence-electron chi connectivity index (χ0n) is 40.7. The van der Waals surface area contributed by atoms with E-state index < -0.39 is 0 Å². The fourth-order valence-corrected chi connectivity index (χ4v) is 4.44. The van der Waals surface area contributed by atoms with Gasteiger partial charge < -0.3 is 95.8 Å². The van der Waals surface area contributed by atoms with Gasteiger partial charge in [-0.05, 0) is 0 Å². The number of aliphatic hydroxyl groups excluding tert-OH is 3. The zero-order chi connectivity index (χ0) is 50.5. The van der Waals surface area contributed by atoms with Crippen LogP contribution in [0.15, 0.2) is 12.2 Å². The molecule has 0 saturated heterocycles. The molecule has 2 amide bonds. The highest BCUT2D eigenvalue weighted by molar-refractivity contribution is 6.12. The van der Waals surface area contributed by atoms with E-state index in [4.69, 9.17) is 109 Å². The van der Waals surface area contributed by atoms with Crippen LogP contribution in [0.1, 0.15) is 0 Å². The second kappa shape index (κ2) is 63.2. The summed E-state index contributed by atoms with van der Waals surface area (Å²) in [6.45, 7) is 16.1. The molecule has 0 aromatic heterocycles. The topological polar surface area (TPSA) is 255 Å². The number of terminal acetylenes is 2. The van der Waals surface area contributed by atoms with Crippen molar-refractivity contribution in [2.75, 3.05) is 251 Å². The molecule has 0 radical (unpaired) electrons. The van der Waals surface area contributed by atoms with Gasteiger partial charge in [0.15, 0.2) is 0 Å². The summed E-state index contributed by atoms with van der Waals surface area (Å²) in [4.78, 5) is 23.8. The molecule has 0 saturated carbocycles. The number of hydrogen-bond acceptors (Lipinski definition) is 22. The van der Waals surface area contributed by atoms with Crippen molar-refractivity contribution >= 4 is 11.8 Å². The minimum absolute atomic E-state index is 0.0354. The number of imide groups is 1. The number of amides is 2. The fraction of sp³-hybridized carbons (Fsp3) is 0.826. The van der Waals surface area contributed by atoms with Gasteiger partial charge in [-0.2, -0.15) is 0 Å². The molecule has 0 atom stereocenters. The molecular weight excluding hydrogens is 918 g/mol. The zero-order valence-corrected chi connectivity index (χ0v) is 40.7. The summed E-state index contributed by atoms with van der Waals surface area (Å²) < 4.78 is 88.8. The van der Waals surface area contributed by atoms with E-state index in [1.54, 1.807) is 0 Å². The van der Waals surface area contributed by atoms with Crippen LogP contribution in [0, 0.1) is 24.7 Å². The first-order chi connectivity index (χ1) is 34.1. The van der Waals surface area contributed by atoms with Crippen molar-refractivity contribution in [3.63, 3.8) is 0 Å². The van der Waals surface area contributed by atoms with Gasteiger partial charge in [0.2, 0.25) is 0 Å². The third-order valence-corrected chi connectivity index (χ3v) is 7.65. The lowest BCUT2D eigenvalue weighted by atomic mass is 10.5. The van der Waals surface area contributed by atoms with Crippen LogP contribution < -0.4 is 0 Å². The van der Waals surface area contributed by atoms with Gasteiger partial charge >= 0.3 is 0 Å². The molecule has 23 nitrogen and oxygen atoms in total. The van der Waals surface area contributed by atoms with Crippen molar-refractivity contribution in [1.29, 1.82) is 0 Å². The molecule has 1 heterocycles. The Morgan fingerprint density at radius 3 is 0.667 bits per heavy atom. The Morgan fingerprint density at radius 2 is 0.478 bits per heavy atom. The Bertz CT molecular complexity index is 1130. The van der Waals surface area contributed by atoms with Crippen LogP contribution >= 0.6 is 0 Å². The third-order valence-electron chi connectivity index (χ3n) is 7.65. The number of hydrogen-bond donors (Lipinski definition) is 3. The molecule has 0 aromatic carbocycles. The number of carbonyl (C=O) groups is 2. The first kappa shape index (κ1) is 68.3. The summed E-state index contributed by atoms with van der Waals surface area (Å²) >= 11 is 0. The van der Waals surface area contributed by atoms with E-state index in [-0.39, 0.29) is 44.8 Å². The number of nitrogens with zero attached hydrogens (tertiary/aromatic N) is 1. The van der Waals surface area contributed by atoms with E-state index in [0.717, 1.165) is 4.90 Å². The summed E-state index contributed by atoms with van der Waals surface area (Å²) in [6, 6.07) is 0.